The molecule has 0 spiro atoms. The van der Waals surface area contributed by atoms with E-state index in [1.165, 1.54) is 12.5 Å². The van der Waals surface area contributed by atoms with Gasteiger partial charge in [0.05, 0.1) is 0 Å². The van der Waals surface area contributed by atoms with E-state index in [0.717, 1.165) is 67.5 Å². The Morgan fingerprint density at radius 2 is 1.70 bits per heavy atom. The van der Waals surface area contributed by atoms with Crippen molar-refractivity contribution in [3.63, 3.8) is 0 Å². The first-order valence-electron chi connectivity index (χ1n) is 10.9. The number of benzene rings is 2. The summed E-state index contributed by atoms with van der Waals surface area (Å²) in [5.74, 6) is -0.166. The van der Waals surface area contributed by atoms with Crippen molar-refractivity contribution in [2.75, 3.05) is 28.6 Å². The molecule has 2 aromatic carbocycles. The van der Waals surface area contributed by atoms with Crippen molar-refractivity contribution >= 4 is 35.1 Å². The first-order chi connectivity index (χ1) is 16.0. The lowest BCUT2D eigenvalue weighted by atomic mass is 10.1. The number of hydrogen-bond acceptors (Lipinski definition) is 5. The highest BCUT2D eigenvalue weighted by atomic mass is 19.1. The van der Waals surface area contributed by atoms with Crippen molar-refractivity contribution in [2.24, 2.45) is 0 Å². The molecule has 8 heteroatoms. The molecule has 1 fully saturated rings. The Bertz CT molecular complexity index is 1160. The number of aryl methyl sites for hydroxylation is 1. The number of carbonyl (C=O) groups is 1. The molecule has 0 unspecified atom stereocenters. The largest absolute Gasteiger partial charge is 0.341 e. The molecule has 2 N–H and O–H groups in total. The zero-order chi connectivity index (χ0) is 23.2. The van der Waals surface area contributed by atoms with Crippen LogP contribution in [0.25, 0.3) is 6.08 Å². The van der Waals surface area contributed by atoms with Gasteiger partial charge in [0.15, 0.2) is 0 Å². The van der Waals surface area contributed by atoms with Crippen molar-refractivity contribution in [3.05, 3.63) is 77.5 Å². The first-order valence-corrected chi connectivity index (χ1v) is 10.9. The second-order valence-corrected chi connectivity index (χ2v) is 7.93. The summed E-state index contributed by atoms with van der Waals surface area (Å²) in [4.78, 5) is 23.6. The molecule has 0 aliphatic carbocycles. The number of nitrogens with one attached hydrogen (secondary N) is 2. The molecule has 1 saturated heterocycles. The number of nitrogens with zero attached hydrogens (tertiary/aromatic N) is 3. The summed E-state index contributed by atoms with van der Waals surface area (Å²) in [6.45, 7) is 3.89. The predicted octanol–water partition coefficient (Wildman–Crippen LogP) is 5.45. The van der Waals surface area contributed by atoms with Crippen molar-refractivity contribution < 1.29 is 13.6 Å². The number of carbonyl (C=O) groups excluding carboxylic acids is 1. The molecule has 2 heterocycles. The Hall–Kier alpha value is -3.81. The highest BCUT2D eigenvalue weighted by Crippen LogP contribution is 2.22. The number of anilines is 4. The molecule has 1 amide bonds. The Kier molecular flexibility index (Phi) is 6.92. The van der Waals surface area contributed by atoms with E-state index >= 15 is 0 Å². The molecular formula is C25H25F2N5O. The molecule has 0 bridgehead atoms. The molecule has 1 aliphatic rings. The van der Waals surface area contributed by atoms with Crippen LogP contribution >= 0.6 is 0 Å². The van der Waals surface area contributed by atoms with E-state index in [1.807, 2.05) is 25.1 Å². The summed E-state index contributed by atoms with van der Waals surface area (Å²) < 4.78 is 26.9. The van der Waals surface area contributed by atoms with Gasteiger partial charge < -0.3 is 15.5 Å². The molecule has 33 heavy (non-hydrogen) atoms. The van der Waals surface area contributed by atoms with Gasteiger partial charge in [-0.15, -0.1) is 0 Å². The van der Waals surface area contributed by atoms with Crippen LogP contribution in [0.3, 0.4) is 0 Å². The molecule has 4 rings (SSSR count). The van der Waals surface area contributed by atoms with Gasteiger partial charge in [-0.25, -0.2) is 13.8 Å². The van der Waals surface area contributed by atoms with Crippen LogP contribution in [0, 0.1) is 18.6 Å². The SMILES string of the molecule is Cc1cc(Nc2ccc(NC(=O)/C=C/c3cc(F)ccc3F)cc2)nc(N2CCCCC2)n1. The Labute approximate surface area is 191 Å². The lowest BCUT2D eigenvalue weighted by Gasteiger charge is -2.27. The molecule has 1 aromatic heterocycles. The second kappa shape index (κ2) is 10.2. The number of aromatic nitrogens is 2. The quantitative estimate of drug-likeness (QED) is 0.490. The Balaban J connectivity index is 1.38. The Morgan fingerprint density at radius 1 is 0.970 bits per heavy atom. The summed E-state index contributed by atoms with van der Waals surface area (Å²) in [5, 5.41) is 5.98. The third-order valence-electron chi connectivity index (χ3n) is 5.28. The maximum atomic E-state index is 13.7. The van der Waals surface area contributed by atoms with Crippen molar-refractivity contribution in [1.29, 1.82) is 0 Å². The maximum Gasteiger partial charge on any atom is 0.248 e. The molecule has 0 radical (unpaired) electrons. The van der Waals surface area contributed by atoms with Crippen LogP contribution in [0.2, 0.25) is 0 Å². The van der Waals surface area contributed by atoms with Gasteiger partial charge in [-0.2, -0.15) is 4.98 Å². The number of hydrogen-bond donors (Lipinski definition) is 2. The summed E-state index contributed by atoms with van der Waals surface area (Å²) in [6, 6.07) is 12.1. The number of rotatable bonds is 6. The van der Waals surface area contributed by atoms with Crippen LogP contribution in [-0.2, 0) is 4.79 Å². The van der Waals surface area contributed by atoms with Gasteiger partial charge >= 0.3 is 0 Å². The monoisotopic (exact) mass is 449 g/mol. The highest BCUT2D eigenvalue weighted by Gasteiger charge is 2.14. The molecule has 3 aromatic rings. The topological polar surface area (TPSA) is 70.2 Å². The third-order valence-corrected chi connectivity index (χ3v) is 5.28. The van der Waals surface area contributed by atoms with Gasteiger partial charge in [0.2, 0.25) is 11.9 Å². The van der Waals surface area contributed by atoms with Crippen molar-refractivity contribution in [3.8, 4) is 0 Å². The van der Waals surface area contributed by atoms with E-state index in [-0.39, 0.29) is 5.56 Å². The lowest BCUT2D eigenvalue weighted by molar-refractivity contribution is -0.111. The molecule has 170 valence electrons. The van der Waals surface area contributed by atoms with Crippen LogP contribution in [0.1, 0.15) is 30.5 Å². The number of piperidine rings is 1. The minimum atomic E-state index is -0.598. The zero-order valence-corrected chi connectivity index (χ0v) is 18.3. The van der Waals surface area contributed by atoms with Crippen molar-refractivity contribution in [2.45, 2.75) is 26.2 Å². The molecule has 0 saturated carbocycles. The van der Waals surface area contributed by atoms with Gasteiger partial charge in [0, 0.05) is 47.9 Å². The Morgan fingerprint density at radius 3 is 2.45 bits per heavy atom. The lowest BCUT2D eigenvalue weighted by Crippen LogP contribution is -2.31. The average Bonchev–Trinajstić information content (AvgIpc) is 2.81. The van der Waals surface area contributed by atoms with Crippen LogP contribution < -0.4 is 15.5 Å². The smallest absolute Gasteiger partial charge is 0.248 e. The summed E-state index contributed by atoms with van der Waals surface area (Å²) in [6.07, 6.45) is 5.95. The van der Waals surface area contributed by atoms with Gasteiger partial charge in [-0.1, -0.05) is 0 Å². The fourth-order valence-electron chi connectivity index (χ4n) is 3.63. The maximum absolute atomic E-state index is 13.7. The summed E-state index contributed by atoms with van der Waals surface area (Å²) >= 11 is 0. The molecule has 6 nitrogen and oxygen atoms in total. The third kappa shape index (κ3) is 6.12. The first kappa shape index (κ1) is 22.4. The van der Waals surface area contributed by atoms with Crippen LogP contribution in [0.4, 0.5) is 31.9 Å². The summed E-state index contributed by atoms with van der Waals surface area (Å²) in [7, 11) is 0. The minimum Gasteiger partial charge on any atom is -0.341 e. The number of amides is 1. The van der Waals surface area contributed by atoms with Crippen molar-refractivity contribution in [1.82, 2.24) is 9.97 Å². The second-order valence-electron chi connectivity index (χ2n) is 7.93. The zero-order valence-electron chi connectivity index (χ0n) is 18.3. The van der Waals surface area contributed by atoms with Crippen LogP contribution in [-0.4, -0.2) is 29.0 Å². The van der Waals surface area contributed by atoms with Gasteiger partial charge in [-0.05, 0) is 74.7 Å². The van der Waals surface area contributed by atoms with E-state index in [4.69, 9.17) is 0 Å². The standard InChI is InChI=1S/C25H25F2N5O/c1-17-15-23(31-25(28-17)32-13-3-2-4-14-32)29-20-7-9-21(10-8-20)30-24(33)12-5-18-16-19(26)6-11-22(18)27/h5-12,15-16H,2-4,13-14H2,1H3,(H,30,33)(H,28,29,31)/b12-5+. The van der Waals surface area contributed by atoms with E-state index < -0.39 is 17.5 Å². The highest BCUT2D eigenvalue weighted by molar-refractivity contribution is 6.02. The van der Waals surface area contributed by atoms with E-state index in [1.54, 1.807) is 12.1 Å². The summed E-state index contributed by atoms with van der Waals surface area (Å²) in [5.41, 5.74) is 2.28. The fourth-order valence-corrected chi connectivity index (χ4v) is 3.63. The fraction of sp³-hybridized carbons (Fsp3) is 0.240. The molecule has 0 atom stereocenters. The molecule has 1 aliphatic heterocycles. The normalized spacial score (nSPS) is 13.8. The predicted molar refractivity (Wildman–Crippen MR) is 127 cm³/mol. The van der Waals surface area contributed by atoms with Crippen LogP contribution in [0.5, 0.6) is 0 Å². The minimum absolute atomic E-state index is 0.00812. The van der Waals surface area contributed by atoms with Gasteiger partial charge in [0.1, 0.15) is 17.5 Å². The van der Waals surface area contributed by atoms with E-state index in [0.29, 0.717) is 11.5 Å². The average molecular weight is 450 g/mol. The van der Waals surface area contributed by atoms with E-state index in [9.17, 15) is 13.6 Å². The number of halogens is 2. The van der Waals surface area contributed by atoms with Crippen LogP contribution in [0.15, 0.2) is 54.6 Å². The molecular weight excluding hydrogens is 424 g/mol. The van der Waals surface area contributed by atoms with Gasteiger partial charge in [0.25, 0.3) is 0 Å². The van der Waals surface area contributed by atoms with E-state index in [2.05, 4.69) is 25.5 Å². The van der Waals surface area contributed by atoms with Gasteiger partial charge in [-0.3, -0.25) is 4.79 Å².